The van der Waals surface area contributed by atoms with Gasteiger partial charge < -0.3 is 14.4 Å². The topological polar surface area (TPSA) is 124 Å². The average Bonchev–Trinajstić information content (AvgIpc) is 2.98. The van der Waals surface area contributed by atoms with E-state index in [1.54, 1.807) is 6.92 Å². The highest BCUT2D eigenvalue weighted by Crippen LogP contribution is 2.25. The molecule has 0 saturated carbocycles. The van der Waals surface area contributed by atoms with E-state index in [1.807, 2.05) is 0 Å². The van der Waals surface area contributed by atoms with E-state index in [0.717, 1.165) is 0 Å². The largest absolute Gasteiger partial charge is 0.492 e. The van der Waals surface area contributed by atoms with Gasteiger partial charge in [0, 0.05) is 20.5 Å². The molecule has 0 spiro atoms. The molecule has 21 heavy (non-hydrogen) atoms. The third-order valence-electron chi connectivity index (χ3n) is 2.70. The zero-order valence-corrected chi connectivity index (χ0v) is 11.6. The van der Waals surface area contributed by atoms with Gasteiger partial charge in [-0.1, -0.05) is 12.1 Å². The summed E-state index contributed by atoms with van der Waals surface area (Å²) in [4.78, 5) is 22.8. The Balaban J connectivity index is 2.21. The zero-order chi connectivity index (χ0) is 15.6. The third kappa shape index (κ3) is 2.83. The van der Waals surface area contributed by atoms with Gasteiger partial charge in [-0.2, -0.15) is 0 Å². The molecule has 0 aliphatic heterocycles. The van der Waals surface area contributed by atoms with Gasteiger partial charge in [0.1, 0.15) is 0 Å². The van der Waals surface area contributed by atoms with Crippen molar-refractivity contribution < 1.29 is 19.2 Å². The molecule has 2 aromatic heterocycles. The molecule has 0 aliphatic carbocycles. The van der Waals surface area contributed by atoms with Crippen LogP contribution < -0.4 is 10.3 Å². The summed E-state index contributed by atoms with van der Waals surface area (Å²) in [5, 5.41) is 20.5. The molecule has 0 fully saturated rings. The van der Waals surface area contributed by atoms with Crippen LogP contribution in [0.4, 0.5) is 11.5 Å². The van der Waals surface area contributed by atoms with Gasteiger partial charge in [-0.25, -0.2) is 4.68 Å². The van der Waals surface area contributed by atoms with E-state index in [0.29, 0.717) is 0 Å². The third-order valence-corrected chi connectivity index (χ3v) is 2.70. The molecular formula is C11H13N5O5. The molecule has 2 heterocycles. The lowest BCUT2D eigenvalue weighted by Crippen LogP contribution is -2.16. The number of carbonyl (C=O) groups is 1. The van der Waals surface area contributed by atoms with Gasteiger partial charge in [0.05, 0.1) is 6.07 Å². The summed E-state index contributed by atoms with van der Waals surface area (Å²) in [6, 6.07) is 1.24. The van der Waals surface area contributed by atoms with Gasteiger partial charge in [0.2, 0.25) is 17.4 Å². The van der Waals surface area contributed by atoms with E-state index in [9.17, 15) is 14.7 Å². The van der Waals surface area contributed by atoms with Crippen LogP contribution in [0.1, 0.15) is 13.3 Å². The number of azo groups is 1. The number of esters is 1. The number of aromatic nitrogens is 3. The summed E-state index contributed by atoms with van der Waals surface area (Å²) < 4.78 is 11.9. The summed E-state index contributed by atoms with van der Waals surface area (Å²) in [5.41, 5.74) is -0.741. The van der Waals surface area contributed by atoms with Crippen molar-refractivity contribution in [1.29, 1.82) is 0 Å². The first-order valence-electron chi connectivity index (χ1n) is 5.98. The maximum atomic E-state index is 11.7. The maximum Gasteiger partial charge on any atom is 0.321 e. The Hall–Kier alpha value is -2.91. The molecule has 10 nitrogen and oxygen atoms in total. The molecular weight excluding hydrogens is 282 g/mol. The van der Waals surface area contributed by atoms with Gasteiger partial charge in [0.25, 0.3) is 5.56 Å². The van der Waals surface area contributed by atoms with E-state index >= 15 is 0 Å². The smallest absolute Gasteiger partial charge is 0.321 e. The lowest BCUT2D eigenvalue weighted by Gasteiger charge is -1.97. The summed E-state index contributed by atoms with van der Waals surface area (Å²) in [7, 11) is 2.97. The monoisotopic (exact) mass is 295 g/mol. The van der Waals surface area contributed by atoms with Crippen LogP contribution in [0, 0.1) is 0 Å². The van der Waals surface area contributed by atoms with Gasteiger partial charge in [-0.05, 0) is 0 Å². The molecule has 0 aromatic carbocycles. The molecule has 0 unspecified atom stereocenters. The Morgan fingerprint density at radius 3 is 2.71 bits per heavy atom. The molecule has 0 saturated heterocycles. The first kappa shape index (κ1) is 14.5. The van der Waals surface area contributed by atoms with Crippen LogP contribution in [0.3, 0.4) is 0 Å². The summed E-state index contributed by atoms with van der Waals surface area (Å²) >= 11 is 0. The van der Waals surface area contributed by atoms with Crippen LogP contribution in [0.15, 0.2) is 25.6 Å². The van der Waals surface area contributed by atoms with Crippen molar-refractivity contribution >= 4 is 17.5 Å². The molecule has 1 N–H and O–H groups in total. The number of aromatic hydroxyl groups is 1. The molecule has 10 heteroatoms. The first-order chi connectivity index (χ1) is 9.93. The minimum atomic E-state index is -0.514. The normalized spacial score (nSPS) is 11.2. The highest BCUT2D eigenvalue weighted by Gasteiger charge is 2.15. The minimum Gasteiger partial charge on any atom is -0.492 e. The van der Waals surface area contributed by atoms with Crippen molar-refractivity contribution in [3.8, 4) is 11.8 Å². The molecule has 112 valence electrons. The standard InChI is InChI=1S/C11H13N5O5/c1-4-7(17)20-8-5-6(14-21-8)12-13-9-10(18)15(2)16(3)11(9)19/h5,18H,4H2,1-3H3. The van der Waals surface area contributed by atoms with Crippen molar-refractivity contribution in [2.24, 2.45) is 24.3 Å². The Labute approximate surface area is 118 Å². The van der Waals surface area contributed by atoms with Crippen LogP contribution in [0.5, 0.6) is 11.8 Å². The van der Waals surface area contributed by atoms with Crippen LogP contribution in [0.25, 0.3) is 0 Å². The fourth-order valence-electron chi connectivity index (χ4n) is 1.40. The van der Waals surface area contributed by atoms with Crippen LogP contribution in [0.2, 0.25) is 0 Å². The lowest BCUT2D eigenvalue weighted by molar-refractivity contribution is -0.135. The molecule has 2 rings (SSSR count). The highest BCUT2D eigenvalue weighted by molar-refractivity contribution is 5.71. The van der Waals surface area contributed by atoms with Crippen molar-refractivity contribution in [1.82, 2.24) is 14.5 Å². The lowest BCUT2D eigenvalue weighted by atomic mass is 10.5. The molecule has 0 bridgehead atoms. The second kappa shape index (κ2) is 5.61. The second-order valence-electron chi connectivity index (χ2n) is 4.06. The van der Waals surface area contributed by atoms with E-state index in [4.69, 9.17) is 9.26 Å². The van der Waals surface area contributed by atoms with Gasteiger partial charge in [0.15, 0.2) is 0 Å². The summed E-state index contributed by atoms with van der Waals surface area (Å²) in [6.45, 7) is 1.63. The van der Waals surface area contributed by atoms with Gasteiger partial charge in [-0.3, -0.25) is 14.3 Å². The highest BCUT2D eigenvalue weighted by atomic mass is 16.6. The van der Waals surface area contributed by atoms with Gasteiger partial charge >= 0.3 is 11.9 Å². The number of nitrogens with zero attached hydrogens (tertiary/aromatic N) is 5. The first-order valence-corrected chi connectivity index (χ1v) is 5.98. The zero-order valence-electron chi connectivity index (χ0n) is 11.6. The maximum absolute atomic E-state index is 11.7. The molecule has 2 aromatic rings. The molecule has 0 atom stereocenters. The summed E-state index contributed by atoms with van der Waals surface area (Å²) in [6.07, 6.45) is 0.186. The Morgan fingerprint density at radius 2 is 2.14 bits per heavy atom. The number of rotatable bonds is 4. The molecule has 0 radical (unpaired) electrons. The fraction of sp³-hybridized carbons (Fsp3) is 0.364. The van der Waals surface area contributed by atoms with Crippen molar-refractivity contribution in [2.45, 2.75) is 13.3 Å². The minimum absolute atomic E-state index is 0.000732. The summed E-state index contributed by atoms with van der Waals surface area (Å²) in [5.74, 6) is -0.934. The Bertz CT molecular complexity index is 754. The number of hydrogen-bond donors (Lipinski definition) is 1. The second-order valence-corrected chi connectivity index (χ2v) is 4.06. The quantitative estimate of drug-likeness (QED) is 0.666. The number of hydrogen-bond acceptors (Lipinski definition) is 8. The van der Waals surface area contributed by atoms with E-state index in [1.165, 1.54) is 29.5 Å². The van der Waals surface area contributed by atoms with Crippen molar-refractivity contribution in [2.75, 3.05) is 0 Å². The number of carbonyl (C=O) groups excluding carboxylic acids is 1. The Kier molecular flexibility index (Phi) is 3.87. The van der Waals surface area contributed by atoms with Crippen LogP contribution >= 0.6 is 0 Å². The van der Waals surface area contributed by atoms with E-state index < -0.39 is 11.5 Å². The van der Waals surface area contributed by atoms with Crippen LogP contribution in [-0.4, -0.2) is 25.6 Å². The van der Waals surface area contributed by atoms with Gasteiger partial charge in [-0.15, -0.1) is 10.2 Å². The Morgan fingerprint density at radius 1 is 1.43 bits per heavy atom. The predicted octanol–water partition coefficient (Wildman–Crippen LogP) is 1.15. The van der Waals surface area contributed by atoms with Crippen LogP contribution in [-0.2, 0) is 18.9 Å². The fourth-order valence-corrected chi connectivity index (χ4v) is 1.40. The molecule has 0 amide bonds. The SMILES string of the molecule is CCC(=O)Oc1cc(N=Nc2c(O)n(C)n(C)c2=O)no1. The van der Waals surface area contributed by atoms with E-state index in [-0.39, 0.29) is 29.8 Å². The molecule has 0 aliphatic rings. The average molecular weight is 295 g/mol. The number of ether oxygens (including phenoxy) is 1. The predicted molar refractivity (Wildman–Crippen MR) is 68.9 cm³/mol. The van der Waals surface area contributed by atoms with E-state index in [2.05, 4.69) is 15.4 Å². The van der Waals surface area contributed by atoms with Crippen molar-refractivity contribution in [3.05, 3.63) is 16.4 Å². The van der Waals surface area contributed by atoms with Crippen molar-refractivity contribution in [3.63, 3.8) is 0 Å².